The lowest BCUT2D eigenvalue weighted by molar-refractivity contribution is 1.08. The summed E-state index contributed by atoms with van der Waals surface area (Å²) in [5.74, 6) is 1.96. The van der Waals surface area contributed by atoms with Crippen LogP contribution in [0.2, 0.25) is 0 Å². The van der Waals surface area contributed by atoms with Crippen molar-refractivity contribution < 1.29 is 0 Å². The van der Waals surface area contributed by atoms with E-state index in [2.05, 4.69) is 66.7 Å². The number of hydrogen-bond donors (Lipinski definition) is 0. The molecule has 0 N–H and O–H groups in total. The van der Waals surface area contributed by atoms with E-state index < -0.39 is 0 Å². The lowest BCUT2D eigenvalue weighted by atomic mass is 9.96. The highest BCUT2D eigenvalue weighted by molar-refractivity contribution is 7.22. The van der Waals surface area contributed by atoms with Crippen molar-refractivity contribution in [3.05, 3.63) is 133 Å². The topological polar surface area (TPSA) is 51.6 Å². The molecule has 0 saturated heterocycles. The number of benzene rings is 6. The number of fused-ring (bicyclic) bond motifs is 6. The number of hydrogen-bond acceptors (Lipinski definition) is 5. The van der Waals surface area contributed by atoms with Crippen LogP contribution in [-0.2, 0) is 0 Å². The Morgan fingerprint density at radius 1 is 0.390 bits per heavy atom. The summed E-state index contributed by atoms with van der Waals surface area (Å²) >= 11 is 1.73. The van der Waals surface area contributed by atoms with E-state index in [0.717, 1.165) is 54.3 Å². The molecular weight excluding hydrogens is 520 g/mol. The van der Waals surface area contributed by atoms with Gasteiger partial charge in [-0.25, -0.2) is 19.9 Å². The van der Waals surface area contributed by atoms with Crippen LogP contribution in [0, 0.1) is 0 Å². The highest BCUT2D eigenvalue weighted by Gasteiger charge is 2.19. The zero-order valence-corrected chi connectivity index (χ0v) is 22.7. The van der Waals surface area contributed by atoms with E-state index >= 15 is 0 Å². The van der Waals surface area contributed by atoms with Gasteiger partial charge in [-0.2, -0.15) is 0 Å². The van der Waals surface area contributed by atoms with Gasteiger partial charge in [0.05, 0.1) is 10.2 Å². The monoisotopic (exact) mass is 542 g/mol. The van der Waals surface area contributed by atoms with Crippen LogP contribution in [0.4, 0.5) is 0 Å². The highest BCUT2D eigenvalue weighted by Crippen LogP contribution is 2.43. The first-order valence-electron chi connectivity index (χ1n) is 13.5. The lowest BCUT2D eigenvalue weighted by Gasteiger charge is -2.12. The maximum Gasteiger partial charge on any atom is 0.164 e. The normalized spacial score (nSPS) is 11.4. The molecule has 0 unspecified atom stereocenters. The molecule has 0 aliphatic rings. The molecule has 192 valence electrons. The molecule has 0 saturated carbocycles. The number of rotatable bonds is 4. The second-order valence-corrected chi connectivity index (χ2v) is 10.9. The first-order chi connectivity index (χ1) is 20.3. The van der Waals surface area contributed by atoms with Crippen molar-refractivity contribution in [2.24, 2.45) is 0 Å². The SMILES string of the molecule is c1ccc(-c2nc(-c3ccccc3)nc(-c3cccc4c5sc(-c6ccccc6)nc5c5ccccc5c34)n2)cc1. The number of nitrogens with zero attached hydrogens (tertiary/aromatic N) is 4. The molecule has 0 bridgehead atoms. The second kappa shape index (κ2) is 9.73. The minimum atomic E-state index is 0.653. The Balaban J connectivity index is 1.45. The van der Waals surface area contributed by atoms with Crippen LogP contribution in [0.3, 0.4) is 0 Å². The molecule has 0 aliphatic heterocycles. The minimum absolute atomic E-state index is 0.653. The molecule has 0 fully saturated rings. The Labute approximate surface area is 240 Å². The molecular formula is C36H22N4S. The van der Waals surface area contributed by atoms with Crippen molar-refractivity contribution in [3.63, 3.8) is 0 Å². The van der Waals surface area contributed by atoms with Gasteiger partial charge in [0.2, 0.25) is 0 Å². The van der Waals surface area contributed by atoms with Gasteiger partial charge in [0.1, 0.15) is 5.01 Å². The first-order valence-corrected chi connectivity index (χ1v) is 14.3. The molecule has 6 aromatic carbocycles. The Kier molecular flexibility index (Phi) is 5.61. The predicted octanol–water partition coefficient (Wildman–Crippen LogP) is 9.46. The maximum absolute atomic E-state index is 5.15. The third-order valence-corrected chi connectivity index (χ3v) is 8.49. The summed E-state index contributed by atoms with van der Waals surface area (Å²) in [6.45, 7) is 0. The van der Waals surface area contributed by atoms with Crippen molar-refractivity contribution in [2.75, 3.05) is 0 Å². The molecule has 41 heavy (non-hydrogen) atoms. The Morgan fingerprint density at radius 3 is 1.54 bits per heavy atom. The molecule has 0 radical (unpaired) electrons. The fourth-order valence-electron chi connectivity index (χ4n) is 5.44. The molecule has 8 rings (SSSR count). The summed E-state index contributed by atoms with van der Waals surface area (Å²) in [5.41, 5.74) is 5.04. The molecule has 2 aromatic heterocycles. The van der Waals surface area contributed by atoms with E-state index in [9.17, 15) is 0 Å². The molecule has 0 atom stereocenters. The Hall–Kier alpha value is -5.26. The molecule has 5 heteroatoms. The van der Waals surface area contributed by atoms with Crippen molar-refractivity contribution >= 4 is 43.1 Å². The average Bonchev–Trinajstić information content (AvgIpc) is 3.52. The first kappa shape index (κ1) is 23.6. The van der Waals surface area contributed by atoms with Crippen LogP contribution in [0.25, 0.3) is 76.5 Å². The Bertz CT molecular complexity index is 2130. The van der Waals surface area contributed by atoms with Crippen LogP contribution in [0.15, 0.2) is 133 Å². The summed E-state index contributed by atoms with van der Waals surface area (Å²) in [7, 11) is 0. The largest absolute Gasteiger partial charge is 0.235 e. The van der Waals surface area contributed by atoms with E-state index in [1.807, 2.05) is 66.7 Å². The van der Waals surface area contributed by atoms with Gasteiger partial charge >= 0.3 is 0 Å². The van der Waals surface area contributed by atoms with E-state index in [1.54, 1.807) is 11.3 Å². The van der Waals surface area contributed by atoms with E-state index in [-0.39, 0.29) is 0 Å². The predicted molar refractivity (Wildman–Crippen MR) is 170 cm³/mol. The number of aromatic nitrogens is 4. The zero-order chi connectivity index (χ0) is 27.2. The molecule has 0 aliphatic carbocycles. The molecule has 4 nitrogen and oxygen atoms in total. The standard InChI is InChI=1S/C36H22N4S/c1-4-13-23(14-5-1)33-38-34(24-15-6-2-7-16-24)40-35(39-33)29-22-12-21-28-30(29)26-19-10-11-20-27(26)31-32(28)41-36(37-31)25-17-8-3-9-18-25/h1-22H. The van der Waals surface area contributed by atoms with Gasteiger partial charge < -0.3 is 0 Å². The van der Waals surface area contributed by atoms with Gasteiger partial charge in [-0.05, 0) is 5.39 Å². The van der Waals surface area contributed by atoms with Crippen molar-refractivity contribution in [1.29, 1.82) is 0 Å². The van der Waals surface area contributed by atoms with Gasteiger partial charge in [-0.3, -0.25) is 0 Å². The van der Waals surface area contributed by atoms with E-state index in [1.165, 1.54) is 4.70 Å². The number of thiazole rings is 1. The summed E-state index contributed by atoms with van der Waals surface area (Å²) in [4.78, 5) is 20.2. The second-order valence-electron chi connectivity index (χ2n) is 9.87. The fourth-order valence-corrected chi connectivity index (χ4v) is 6.56. The van der Waals surface area contributed by atoms with Gasteiger partial charge in [0, 0.05) is 38.4 Å². The van der Waals surface area contributed by atoms with Crippen LogP contribution in [0.5, 0.6) is 0 Å². The van der Waals surface area contributed by atoms with Crippen molar-refractivity contribution in [3.8, 4) is 44.7 Å². The van der Waals surface area contributed by atoms with Crippen molar-refractivity contribution in [2.45, 2.75) is 0 Å². The maximum atomic E-state index is 5.15. The van der Waals surface area contributed by atoms with Gasteiger partial charge in [0.25, 0.3) is 0 Å². The van der Waals surface area contributed by atoms with Crippen LogP contribution >= 0.6 is 11.3 Å². The molecule has 8 aromatic rings. The fraction of sp³-hybridized carbons (Fsp3) is 0. The summed E-state index contributed by atoms with van der Waals surface area (Å²) in [5, 5.41) is 5.56. The third-order valence-electron chi connectivity index (χ3n) is 7.35. The molecule has 0 spiro atoms. The van der Waals surface area contributed by atoms with Gasteiger partial charge in [-0.1, -0.05) is 133 Å². The average molecular weight is 543 g/mol. The zero-order valence-electron chi connectivity index (χ0n) is 21.9. The van der Waals surface area contributed by atoms with Crippen LogP contribution < -0.4 is 0 Å². The summed E-state index contributed by atoms with van der Waals surface area (Å²) < 4.78 is 1.17. The minimum Gasteiger partial charge on any atom is -0.235 e. The Morgan fingerprint density at radius 2 is 0.902 bits per heavy atom. The molecule has 0 amide bonds. The van der Waals surface area contributed by atoms with Gasteiger partial charge in [0.15, 0.2) is 17.5 Å². The highest BCUT2D eigenvalue weighted by atomic mass is 32.1. The van der Waals surface area contributed by atoms with Crippen LogP contribution in [0.1, 0.15) is 0 Å². The summed E-state index contributed by atoms with van der Waals surface area (Å²) in [6, 6.07) is 45.6. The van der Waals surface area contributed by atoms with Gasteiger partial charge in [-0.15, -0.1) is 11.3 Å². The smallest absolute Gasteiger partial charge is 0.164 e. The summed E-state index contributed by atoms with van der Waals surface area (Å²) in [6.07, 6.45) is 0. The van der Waals surface area contributed by atoms with E-state index in [0.29, 0.717) is 17.5 Å². The van der Waals surface area contributed by atoms with Crippen LogP contribution in [-0.4, -0.2) is 19.9 Å². The lowest BCUT2D eigenvalue weighted by Crippen LogP contribution is -2.00. The third kappa shape index (κ3) is 4.06. The van der Waals surface area contributed by atoms with E-state index in [4.69, 9.17) is 19.9 Å². The quantitative estimate of drug-likeness (QED) is 0.208. The van der Waals surface area contributed by atoms with Crippen molar-refractivity contribution in [1.82, 2.24) is 19.9 Å². The molecule has 2 heterocycles.